The number of benzene rings is 1. The molecule has 0 aliphatic rings. The van der Waals surface area contributed by atoms with Crippen molar-refractivity contribution in [1.82, 2.24) is 9.55 Å². The maximum absolute atomic E-state index is 4.40. The van der Waals surface area contributed by atoms with Crippen molar-refractivity contribution in [2.45, 2.75) is 6.92 Å². The van der Waals surface area contributed by atoms with E-state index in [1.54, 1.807) is 6.20 Å². The number of aryl methyl sites for hydroxylation is 1. The molecule has 0 saturated heterocycles. The highest BCUT2D eigenvalue weighted by Crippen LogP contribution is 2.14. The Morgan fingerprint density at radius 3 is 3.00 bits per heavy atom. The molecular weight excluding hydrogens is 160 g/mol. The van der Waals surface area contributed by atoms with Gasteiger partial charge in [-0.15, -0.1) is 5.73 Å². The molecule has 1 aromatic heterocycles. The van der Waals surface area contributed by atoms with Crippen molar-refractivity contribution in [1.29, 1.82) is 0 Å². The van der Waals surface area contributed by atoms with Gasteiger partial charge in [-0.2, -0.15) is 0 Å². The van der Waals surface area contributed by atoms with Crippen LogP contribution in [0.4, 0.5) is 0 Å². The third kappa shape index (κ3) is 1.17. The molecule has 1 heterocycles. The predicted octanol–water partition coefficient (Wildman–Crippen LogP) is 2.60. The van der Waals surface area contributed by atoms with E-state index in [9.17, 15) is 0 Å². The molecule has 2 nitrogen and oxygen atoms in total. The molecule has 2 rings (SSSR count). The van der Waals surface area contributed by atoms with Crippen LogP contribution in [-0.2, 0) is 0 Å². The zero-order chi connectivity index (χ0) is 9.26. The molecule has 0 unspecified atom stereocenters. The molecule has 1 aromatic carbocycles. The standard InChI is InChI=1S/C11H10N2/c1-3-8-13-9(2)12-10-6-4-5-7-11(10)13/h4-8H,1H2,2H3. The van der Waals surface area contributed by atoms with E-state index in [-0.39, 0.29) is 0 Å². The maximum atomic E-state index is 4.40. The van der Waals surface area contributed by atoms with E-state index in [0.29, 0.717) is 0 Å². The number of nitrogens with zero attached hydrogens (tertiary/aromatic N) is 2. The Hall–Kier alpha value is -1.79. The summed E-state index contributed by atoms with van der Waals surface area (Å²) >= 11 is 0. The van der Waals surface area contributed by atoms with E-state index in [2.05, 4.69) is 17.3 Å². The second-order valence-electron chi connectivity index (χ2n) is 2.85. The Balaban J connectivity index is 2.85. The molecule has 2 heteroatoms. The predicted molar refractivity (Wildman–Crippen MR) is 54.4 cm³/mol. The third-order valence-corrected chi connectivity index (χ3v) is 1.99. The monoisotopic (exact) mass is 170 g/mol. The van der Waals surface area contributed by atoms with Gasteiger partial charge < -0.3 is 0 Å². The summed E-state index contributed by atoms with van der Waals surface area (Å²) in [4.78, 5) is 4.40. The molecule has 0 aliphatic heterocycles. The number of rotatable bonds is 1. The van der Waals surface area contributed by atoms with Crippen LogP contribution in [0.1, 0.15) is 5.82 Å². The van der Waals surface area contributed by atoms with Gasteiger partial charge in [-0.05, 0) is 19.1 Å². The van der Waals surface area contributed by atoms with Crippen molar-refractivity contribution in [3.05, 3.63) is 42.4 Å². The molecule has 64 valence electrons. The van der Waals surface area contributed by atoms with Gasteiger partial charge in [0, 0.05) is 0 Å². The first kappa shape index (κ1) is 7.84. The largest absolute Gasteiger partial charge is 0.296 e. The van der Waals surface area contributed by atoms with Crippen LogP contribution in [0.5, 0.6) is 0 Å². The van der Waals surface area contributed by atoms with E-state index < -0.39 is 0 Å². The highest BCUT2D eigenvalue weighted by atomic mass is 15.1. The fourth-order valence-corrected chi connectivity index (χ4v) is 1.42. The molecule has 0 N–H and O–H groups in total. The number of para-hydroxylation sites is 2. The van der Waals surface area contributed by atoms with Gasteiger partial charge in [0.2, 0.25) is 0 Å². The minimum atomic E-state index is 0.956. The van der Waals surface area contributed by atoms with Gasteiger partial charge >= 0.3 is 0 Å². The van der Waals surface area contributed by atoms with E-state index in [1.165, 1.54) is 0 Å². The van der Waals surface area contributed by atoms with E-state index in [0.717, 1.165) is 16.9 Å². The maximum Gasteiger partial charge on any atom is 0.111 e. The topological polar surface area (TPSA) is 17.8 Å². The van der Waals surface area contributed by atoms with Crippen molar-refractivity contribution < 1.29 is 0 Å². The summed E-state index contributed by atoms with van der Waals surface area (Å²) in [7, 11) is 0. The van der Waals surface area contributed by atoms with Crippen LogP contribution in [0.3, 0.4) is 0 Å². The number of hydrogen-bond donors (Lipinski definition) is 0. The van der Waals surface area contributed by atoms with Crippen molar-refractivity contribution >= 4 is 17.2 Å². The molecular formula is C11H10N2. The lowest BCUT2D eigenvalue weighted by Crippen LogP contribution is -1.87. The number of hydrogen-bond acceptors (Lipinski definition) is 1. The Kier molecular flexibility index (Phi) is 1.76. The van der Waals surface area contributed by atoms with Crippen LogP contribution >= 0.6 is 0 Å². The van der Waals surface area contributed by atoms with Crippen LogP contribution in [0.15, 0.2) is 36.6 Å². The molecule has 13 heavy (non-hydrogen) atoms. The molecule has 0 aliphatic carbocycles. The fourth-order valence-electron chi connectivity index (χ4n) is 1.42. The number of aromatic nitrogens is 2. The first-order chi connectivity index (χ1) is 6.33. The minimum absolute atomic E-state index is 0.956. The fraction of sp³-hybridized carbons (Fsp3) is 0.0909. The van der Waals surface area contributed by atoms with Gasteiger partial charge in [0.1, 0.15) is 5.82 Å². The van der Waals surface area contributed by atoms with Gasteiger partial charge in [-0.25, -0.2) is 4.98 Å². The van der Waals surface area contributed by atoms with E-state index in [4.69, 9.17) is 0 Å². The molecule has 0 bridgehead atoms. The summed E-state index contributed by atoms with van der Waals surface area (Å²) in [5, 5.41) is 0. The number of fused-ring (bicyclic) bond motifs is 1. The van der Waals surface area contributed by atoms with Gasteiger partial charge in [0.15, 0.2) is 0 Å². The van der Waals surface area contributed by atoms with Gasteiger partial charge in [0.05, 0.1) is 17.2 Å². The Labute approximate surface area is 76.8 Å². The lowest BCUT2D eigenvalue weighted by molar-refractivity contribution is 1.06. The van der Waals surface area contributed by atoms with Gasteiger partial charge in [-0.3, -0.25) is 4.57 Å². The van der Waals surface area contributed by atoms with E-state index in [1.807, 2.05) is 35.8 Å². The smallest absolute Gasteiger partial charge is 0.111 e. The van der Waals surface area contributed by atoms with Crippen LogP contribution in [-0.4, -0.2) is 9.55 Å². The van der Waals surface area contributed by atoms with Crippen molar-refractivity contribution in [2.24, 2.45) is 0 Å². The second kappa shape index (κ2) is 2.92. The normalized spacial score (nSPS) is 9.92. The molecule has 0 fully saturated rings. The first-order valence-corrected chi connectivity index (χ1v) is 4.12. The van der Waals surface area contributed by atoms with Gasteiger partial charge in [-0.1, -0.05) is 18.7 Å². The quantitative estimate of drug-likeness (QED) is 0.601. The SMILES string of the molecule is C=C=Cn1c(C)nc2ccccc21. The summed E-state index contributed by atoms with van der Waals surface area (Å²) in [6.45, 7) is 5.52. The molecule has 2 aromatic rings. The molecule has 0 amide bonds. The minimum Gasteiger partial charge on any atom is -0.296 e. The van der Waals surface area contributed by atoms with Crippen LogP contribution in [0.25, 0.3) is 17.2 Å². The summed E-state index contributed by atoms with van der Waals surface area (Å²) in [6.07, 6.45) is 1.80. The summed E-state index contributed by atoms with van der Waals surface area (Å²) in [5.41, 5.74) is 4.85. The Bertz CT molecular complexity index is 488. The van der Waals surface area contributed by atoms with Crippen molar-refractivity contribution in [3.63, 3.8) is 0 Å². The summed E-state index contributed by atoms with van der Waals surface area (Å²) in [5.74, 6) is 0.956. The average molecular weight is 170 g/mol. The third-order valence-electron chi connectivity index (χ3n) is 1.99. The Morgan fingerprint density at radius 1 is 1.46 bits per heavy atom. The van der Waals surface area contributed by atoms with Crippen molar-refractivity contribution in [2.75, 3.05) is 0 Å². The lowest BCUT2D eigenvalue weighted by atomic mass is 10.3. The van der Waals surface area contributed by atoms with E-state index >= 15 is 0 Å². The first-order valence-electron chi connectivity index (χ1n) is 4.12. The zero-order valence-corrected chi connectivity index (χ0v) is 7.49. The van der Waals surface area contributed by atoms with Gasteiger partial charge in [0.25, 0.3) is 0 Å². The van der Waals surface area contributed by atoms with Crippen LogP contribution in [0, 0.1) is 6.92 Å². The number of imidazole rings is 1. The van der Waals surface area contributed by atoms with Crippen molar-refractivity contribution in [3.8, 4) is 0 Å². The highest BCUT2D eigenvalue weighted by Gasteiger charge is 2.02. The molecule has 0 spiro atoms. The molecule has 0 atom stereocenters. The van der Waals surface area contributed by atoms with Crippen LogP contribution in [0.2, 0.25) is 0 Å². The highest BCUT2D eigenvalue weighted by molar-refractivity contribution is 5.78. The zero-order valence-electron chi connectivity index (χ0n) is 7.49. The lowest BCUT2D eigenvalue weighted by Gasteiger charge is -1.95. The molecule has 0 saturated carbocycles. The summed E-state index contributed by atoms with van der Waals surface area (Å²) in [6, 6.07) is 8.01. The molecule has 0 radical (unpaired) electrons. The average Bonchev–Trinajstić information content (AvgIpc) is 2.44. The second-order valence-corrected chi connectivity index (χ2v) is 2.85. The van der Waals surface area contributed by atoms with Crippen LogP contribution < -0.4 is 0 Å². The Morgan fingerprint density at radius 2 is 2.23 bits per heavy atom. The summed E-state index contributed by atoms with van der Waals surface area (Å²) < 4.78 is 1.97.